The predicted octanol–water partition coefficient (Wildman–Crippen LogP) is 3.03. The van der Waals surface area contributed by atoms with Crippen molar-refractivity contribution in [3.63, 3.8) is 0 Å². The summed E-state index contributed by atoms with van der Waals surface area (Å²) in [5, 5.41) is 7.30. The molecule has 5 nitrogen and oxygen atoms in total. The minimum atomic E-state index is -0.188. The zero-order valence-electron chi connectivity index (χ0n) is 12.8. The van der Waals surface area contributed by atoms with Gasteiger partial charge in [-0.25, -0.2) is 0 Å². The molecule has 0 spiro atoms. The fourth-order valence-corrected chi connectivity index (χ4v) is 3.91. The second-order valence-corrected chi connectivity index (χ2v) is 6.88. The van der Waals surface area contributed by atoms with Gasteiger partial charge in [0.1, 0.15) is 11.3 Å². The molecule has 0 saturated carbocycles. The van der Waals surface area contributed by atoms with Gasteiger partial charge in [-0.1, -0.05) is 0 Å². The molecule has 1 aliphatic heterocycles. The Morgan fingerprint density at radius 2 is 2.39 bits per heavy atom. The third-order valence-electron chi connectivity index (χ3n) is 4.09. The van der Waals surface area contributed by atoms with Crippen LogP contribution in [0.4, 0.5) is 0 Å². The van der Waals surface area contributed by atoms with Crippen LogP contribution < -0.4 is 10.6 Å². The van der Waals surface area contributed by atoms with Crippen LogP contribution in [0.25, 0.3) is 11.0 Å². The van der Waals surface area contributed by atoms with Crippen molar-refractivity contribution in [3.05, 3.63) is 51.7 Å². The normalized spacial score (nSPS) is 15.3. The molecular formula is C17H17N3O2S. The Morgan fingerprint density at radius 1 is 1.48 bits per heavy atom. The number of carbonyl (C=O) groups excluding carboxylic acids is 1. The lowest BCUT2D eigenvalue weighted by Gasteiger charge is -2.10. The largest absolute Gasteiger partial charge is 0.459 e. The van der Waals surface area contributed by atoms with Crippen LogP contribution in [0.1, 0.15) is 38.8 Å². The summed E-state index contributed by atoms with van der Waals surface area (Å²) in [6.45, 7) is 3.77. The van der Waals surface area contributed by atoms with Gasteiger partial charge in [0.25, 0.3) is 5.91 Å². The number of furan rings is 1. The topological polar surface area (TPSA) is 67.2 Å². The number of nitrogens with zero attached hydrogens (tertiary/aromatic N) is 1. The molecule has 0 aliphatic carbocycles. The molecule has 3 aromatic rings. The van der Waals surface area contributed by atoms with Gasteiger partial charge in [-0.05, 0) is 43.7 Å². The maximum Gasteiger partial charge on any atom is 0.261 e. The summed E-state index contributed by atoms with van der Waals surface area (Å²) in [4.78, 5) is 18.6. The van der Waals surface area contributed by atoms with Gasteiger partial charge < -0.3 is 15.1 Å². The molecule has 3 aromatic heterocycles. The minimum Gasteiger partial charge on any atom is -0.459 e. The maximum atomic E-state index is 12.5. The first-order valence-electron chi connectivity index (χ1n) is 7.67. The van der Waals surface area contributed by atoms with Gasteiger partial charge in [0.15, 0.2) is 0 Å². The number of pyridine rings is 1. The average Bonchev–Trinajstić information content (AvgIpc) is 3.18. The number of aromatic nitrogens is 1. The summed E-state index contributed by atoms with van der Waals surface area (Å²) < 4.78 is 5.79. The van der Waals surface area contributed by atoms with Crippen LogP contribution in [-0.2, 0) is 13.0 Å². The molecule has 1 amide bonds. The maximum absolute atomic E-state index is 12.5. The Balaban J connectivity index is 1.52. The van der Waals surface area contributed by atoms with Crippen LogP contribution in [0.5, 0.6) is 0 Å². The highest BCUT2D eigenvalue weighted by Crippen LogP contribution is 2.27. The summed E-state index contributed by atoms with van der Waals surface area (Å²) in [7, 11) is 0. The van der Waals surface area contributed by atoms with E-state index < -0.39 is 0 Å². The van der Waals surface area contributed by atoms with Crippen LogP contribution in [0.15, 0.2) is 35.0 Å². The first-order valence-corrected chi connectivity index (χ1v) is 8.49. The van der Waals surface area contributed by atoms with Crippen molar-refractivity contribution in [3.8, 4) is 0 Å². The molecular weight excluding hydrogens is 310 g/mol. The monoisotopic (exact) mass is 327 g/mol. The van der Waals surface area contributed by atoms with Crippen molar-refractivity contribution in [2.75, 3.05) is 6.54 Å². The standard InChI is InChI=1S/C17H17N3O2S/c1-10(14-6-12-8-18-5-3-13(12)22-14)20-17(21)15-7-11-2-4-19-9-16(11)23-15/h3,5-8,10,19H,2,4,9H2,1H3,(H,20,21). The molecule has 118 valence electrons. The quantitative estimate of drug-likeness (QED) is 0.776. The van der Waals surface area contributed by atoms with E-state index in [1.165, 1.54) is 10.4 Å². The molecule has 4 rings (SSSR count). The fourth-order valence-electron chi connectivity index (χ4n) is 2.82. The van der Waals surface area contributed by atoms with Gasteiger partial charge >= 0.3 is 0 Å². The van der Waals surface area contributed by atoms with Crippen LogP contribution in [-0.4, -0.2) is 17.4 Å². The first kappa shape index (κ1) is 14.4. The Labute approximate surface area is 137 Å². The van der Waals surface area contributed by atoms with Gasteiger partial charge in [0.2, 0.25) is 0 Å². The highest BCUT2D eigenvalue weighted by molar-refractivity contribution is 7.14. The number of nitrogens with one attached hydrogen (secondary N) is 2. The number of carbonyl (C=O) groups is 1. The molecule has 1 aliphatic rings. The van der Waals surface area contributed by atoms with Crippen molar-refractivity contribution >= 4 is 28.2 Å². The lowest BCUT2D eigenvalue weighted by atomic mass is 10.1. The van der Waals surface area contributed by atoms with E-state index in [4.69, 9.17) is 4.42 Å². The third kappa shape index (κ3) is 2.75. The highest BCUT2D eigenvalue weighted by Gasteiger charge is 2.20. The van der Waals surface area contributed by atoms with Crippen molar-refractivity contribution in [1.82, 2.24) is 15.6 Å². The van der Waals surface area contributed by atoms with E-state index >= 15 is 0 Å². The summed E-state index contributed by atoms with van der Waals surface area (Å²) in [5.41, 5.74) is 2.08. The van der Waals surface area contributed by atoms with Gasteiger partial charge in [0, 0.05) is 29.2 Å². The Hall–Kier alpha value is -2.18. The van der Waals surface area contributed by atoms with E-state index in [1.807, 2.05) is 25.1 Å². The second kappa shape index (κ2) is 5.79. The first-order chi connectivity index (χ1) is 11.2. The van der Waals surface area contributed by atoms with E-state index in [2.05, 4.69) is 15.6 Å². The number of thiophene rings is 1. The molecule has 0 radical (unpaired) electrons. The Morgan fingerprint density at radius 3 is 3.22 bits per heavy atom. The summed E-state index contributed by atoms with van der Waals surface area (Å²) in [6.07, 6.45) is 4.45. The molecule has 2 N–H and O–H groups in total. The molecule has 0 fully saturated rings. The van der Waals surface area contributed by atoms with E-state index in [0.29, 0.717) is 0 Å². The van der Waals surface area contributed by atoms with E-state index in [9.17, 15) is 4.79 Å². The summed E-state index contributed by atoms with van der Waals surface area (Å²) in [6, 6.07) is 5.59. The number of hydrogen-bond acceptors (Lipinski definition) is 5. The van der Waals surface area contributed by atoms with E-state index in [-0.39, 0.29) is 11.9 Å². The van der Waals surface area contributed by atoms with Gasteiger partial charge in [0.05, 0.1) is 10.9 Å². The molecule has 6 heteroatoms. The molecule has 1 unspecified atom stereocenters. The van der Waals surface area contributed by atoms with Crippen LogP contribution in [0.2, 0.25) is 0 Å². The van der Waals surface area contributed by atoms with Crippen molar-refractivity contribution in [2.24, 2.45) is 0 Å². The highest BCUT2D eigenvalue weighted by atomic mass is 32.1. The lowest BCUT2D eigenvalue weighted by molar-refractivity contribution is 0.0940. The molecule has 1 atom stereocenters. The summed E-state index contributed by atoms with van der Waals surface area (Å²) in [5.74, 6) is 0.694. The number of hydrogen-bond donors (Lipinski definition) is 2. The third-order valence-corrected chi connectivity index (χ3v) is 5.26. The van der Waals surface area contributed by atoms with Crippen molar-refractivity contribution in [2.45, 2.75) is 25.9 Å². The second-order valence-electron chi connectivity index (χ2n) is 5.74. The van der Waals surface area contributed by atoms with Crippen molar-refractivity contribution < 1.29 is 9.21 Å². The van der Waals surface area contributed by atoms with Gasteiger partial charge in [-0.3, -0.25) is 9.78 Å². The zero-order valence-corrected chi connectivity index (χ0v) is 13.6. The Kier molecular flexibility index (Phi) is 3.63. The predicted molar refractivity (Wildman–Crippen MR) is 89.6 cm³/mol. The minimum absolute atomic E-state index is 0.0459. The molecule has 23 heavy (non-hydrogen) atoms. The van der Waals surface area contributed by atoms with Crippen LogP contribution in [0, 0.1) is 0 Å². The van der Waals surface area contributed by atoms with Crippen molar-refractivity contribution in [1.29, 1.82) is 0 Å². The number of rotatable bonds is 3. The van der Waals surface area contributed by atoms with Crippen LogP contribution >= 0.6 is 11.3 Å². The lowest BCUT2D eigenvalue weighted by Crippen LogP contribution is -2.25. The van der Waals surface area contributed by atoms with E-state index in [0.717, 1.165) is 41.1 Å². The number of amides is 1. The average molecular weight is 327 g/mol. The van der Waals surface area contributed by atoms with Crippen LogP contribution in [0.3, 0.4) is 0 Å². The molecule has 4 heterocycles. The smallest absolute Gasteiger partial charge is 0.261 e. The Bertz CT molecular complexity index is 811. The molecule has 0 aromatic carbocycles. The fraction of sp³-hybridized carbons (Fsp3) is 0.294. The van der Waals surface area contributed by atoms with E-state index in [1.54, 1.807) is 23.7 Å². The van der Waals surface area contributed by atoms with Gasteiger partial charge in [-0.15, -0.1) is 11.3 Å². The summed E-state index contributed by atoms with van der Waals surface area (Å²) >= 11 is 1.57. The molecule has 0 bridgehead atoms. The van der Waals surface area contributed by atoms with Gasteiger partial charge in [-0.2, -0.15) is 0 Å². The number of fused-ring (bicyclic) bond motifs is 2. The molecule has 0 saturated heterocycles. The zero-order chi connectivity index (χ0) is 15.8. The SMILES string of the molecule is CC(NC(=O)c1cc2c(s1)CNCC2)c1cc2cnccc2o1.